The number of benzene rings is 4. The molecule has 0 radical (unpaired) electrons. The molecule has 2 aliphatic rings. The summed E-state index contributed by atoms with van der Waals surface area (Å²) in [6, 6.07) is 21.0. The van der Waals surface area contributed by atoms with Crippen molar-refractivity contribution in [1.29, 1.82) is 0 Å². The largest absolute Gasteiger partial charge is 0.497 e. The molecule has 6 rings (SSSR count). The van der Waals surface area contributed by atoms with Gasteiger partial charge in [0.2, 0.25) is 0 Å². The lowest BCUT2D eigenvalue weighted by Crippen LogP contribution is -2.12. The minimum atomic E-state index is -0.502. The maximum absolute atomic E-state index is 13.8. The summed E-state index contributed by atoms with van der Waals surface area (Å²) in [5.41, 5.74) is 3.28. The maximum Gasteiger partial charge on any atom is 0.126 e. The van der Waals surface area contributed by atoms with Crippen LogP contribution in [-0.2, 0) is 11.2 Å². The highest BCUT2D eigenvalue weighted by atomic mass is 19.1. The Labute approximate surface area is 186 Å². The average Bonchev–Trinajstić information content (AvgIpc) is 2.84. The molecule has 32 heavy (non-hydrogen) atoms. The first-order valence-corrected chi connectivity index (χ1v) is 11.0. The van der Waals surface area contributed by atoms with Gasteiger partial charge in [0.25, 0.3) is 0 Å². The molecular formula is C29H24F2O. The first kappa shape index (κ1) is 20.4. The molecule has 0 aromatic heterocycles. The van der Waals surface area contributed by atoms with E-state index in [9.17, 15) is 8.78 Å². The number of allylic oxidation sites excluding steroid dienone is 2. The molecule has 1 atom stereocenters. The third-order valence-corrected chi connectivity index (χ3v) is 6.25. The lowest BCUT2D eigenvalue weighted by Gasteiger charge is -2.28. The highest BCUT2D eigenvalue weighted by molar-refractivity contribution is 6.09. The van der Waals surface area contributed by atoms with E-state index in [-0.39, 0.29) is 5.92 Å². The highest BCUT2D eigenvalue weighted by Gasteiger charge is 2.25. The molecule has 1 unspecified atom stereocenters. The van der Waals surface area contributed by atoms with Crippen LogP contribution in [0.2, 0.25) is 0 Å². The van der Waals surface area contributed by atoms with Gasteiger partial charge in [-0.05, 0) is 81.8 Å². The van der Waals surface area contributed by atoms with Gasteiger partial charge in [0, 0.05) is 12.0 Å². The van der Waals surface area contributed by atoms with Crippen LogP contribution in [0.25, 0.3) is 21.5 Å². The van der Waals surface area contributed by atoms with Gasteiger partial charge in [-0.3, -0.25) is 0 Å². The van der Waals surface area contributed by atoms with Crippen LogP contribution in [0.1, 0.15) is 35.4 Å². The standard InChI is InChI=1S/C24H18F2.C5H6O/c25-18-12-17(13-19(26)14-18)21-7-3-5-16-9-10-22-20-6-2-1-4-15(20)8-11-23(22)24(16)21;1-2-4-6-5-3-1/h1-2,4,6,8-14,21H,3,5,7H2;1-4H,5H2. The van der Waals surface area contributed by atoms with Crippen LogP contribution >= 0.6 is 0 Å². The fourth-order valence-electron chi connectivity index (χ4n) is 4.88. The Morgan fingerprint density at radius 3 is 2.31 bits per heavy atom. The molecule has 0 bridgehead atoms. The Bertz CT molecular complexity index is 1300. The minimum absolute atomic E-state index is 0.0359. The van der Waals surface area contributed by atoms with Gasteiger partial charge in [0.15, 0.2) is 0 Å². The summed E-state index contributed by atoms with van der Waals surface area (Å²) in [6.07, 6.45) is 10.4. The zero-order valence-corrected chi connectivity index (χ0v) is 17.7. The number of aryl methyl sites for hydroxylation is 1. The summed E-state index contributed by atoms with van der Waals surface area (Å²) in [6.45, 7) is 0.733. The van der Waals surface area contributed by atoms with Crippen LogP contribution in [0, 0.1) is 11.6 Å². The normalized spacial score (nSPS) is 16.9. The molecular weight excluding hydrogens is 402 g/mol. The van der Waals surface area contributed by atoms with Gasteiger partial charge in [0.1, 0.15) is 18.2 Å². The van der Waals surface area contributed by atoms with E-state index in [2.05, 4.69) is 42.5 Å². The monoisotopic (exact) mass is 426 g/mol. The third kappa shape index (κ3) is 4.03. The molecule has 1 nitrogen and oxygen atoms in total. The van der Waals surface area contributed by atoms with Crippen LogP contribution in [0.4, 0.5) is 8.78 Å². The van der Waals surface area contributed by atoms with E-state index in [1.54, 1.807) is 6.26 Å². The number of halogens is 2. The Hall–Kier alpha value is -3.46. The molecule has 0 amide bonds. The van der Waals surface area contributed by atoms with Crippen molar-refractivity contribution in [2.45, 2.75) is 25.2 Å². The lowest BCUT2D eigenvalue weighted by atomic mass is 9.76. The van der Waals surface area contributed by atoms with Crippen molar-refractivity contribution in [2.24, 2.45) is 0 Å². The van der Waals surface area contributed by atoms with Gasteiger partial charge in [-0.15, -0.1) is 0 Å². The fourth-order valence-corrected chi connectivity index (χ4v) is 4.88. The first-order chi connectivity index (χ1) is 15.7. The van der Waals surface area contributed by atoms with E-state index in [0.717, 1.165) is 37.5 Å². The van der Waals surface area contributed by atoms with Crippen molar-refractivity contribution < 1.29 is 13.5 Å². The van der Waals surface area contributed by atoms with Gasteiger partial charge in [-0.2, -0.15) is 0 Å². The fraction of sp³-hybridized carbons (Fsp3) is 0.172. The van der Waals surface area contributed by atoms with Crippen molar-refractivity contribution in [3.05, 3.63) is 120 Å². The summed E-state index contributed by atoms with van der Waals surface area (Å²) in [5.74, 6) is -0.968. The van der Waals surface area contributed by atoms with Crippen molar-refractivity contribution >= 4 is 21.5 Å². The average molecular weight is 427 g/mol. The summed E-state index contributed by atoms with van der Waals surface area (Å²) in [4.78, 5) is 0. The predicted octanol–water partition coefficient (Wildman–Crippen LogP) is 7.83. The molecule has 0 saturated heterocycles. The van der Waals surface area contributed by atoms with Gasteiger partial charge in [-0.25, -0.2) is 8.78 Å². The maximum atomic E-state index is 13.8. The molecule has 1 heterocycles. The SMILES string of the molecule is C1=CCOC=C1.Fc1cc(F)cc(C2CCCc3ccc4c(ccc5ccccc54)c32)c1. The second-order valence-electron chi connectivity index (χ2n) is 8.26. The third-order valence-electron chi connectivity index (χ3n) is 6.25. The number of fused-ring (bicyclic) bond motifs is 5. The summed E-state index contributed by atoms with van der Waals surface area (Å²) >= 11 is 0. The number of rotatable bonds is 1. The first-order valence-electron chi connectivity index (χ1n) is 11.0. The Balaban J connectivity index is 0.000000314. The van der Waals surface area contributed by atoms with Gasteiger partial charge < -0.3 is 4.74 Å². The van der Waals surface area contributed by atoms with E-state index < -0.39 is 11.6 Å². The van der Waals surface area contributed by atoms with E-state index in [0.29, 0.717) is 0 Å². The van der Waals surface area contributed by atoms with Crippen molar-refractivity contribution in [3.63, 3.8) is 0 Å². The van der Waals surface area contributed by atoms with Crippen LogP contribution in [0.15, 0.2) is 91.2 Å². The summed E-state index contributed by atoms with van der Waals surface area (Å²) in [5, 5.41) is 4.85. The Morgan fingerprint density at radius 2 is 1.59 bits per heavy atom. The quantitative estimate of drug-likeness (QED) is 0.282. The van der Waals surface area contributed by atoms with Crippen LogP contribution in [0.3, 0.4) is 0 Å². The van der Waals surface area contributed by atoms with Crippen molar-refractivity contribution in [1.82, 2.24) is 0 Å². The van der Waals surface area contributed by atoms with Gasteiger partial charge in [0.05, 0.1) is 6.26 Å². The zero-order chi connectivity index (χ0) is 21.9. The summed E-state index contributed by atoms with van der Waals surface area (Å²) in [7, 11) is 0. The van der Waals surface area contributed by atoms with Crippen molar-refractivity contribution in [2.75, 3.05) is 6.61 Å². The smallest absolute Gasteiger partial charge is 0.126 e. The molecule has 0 spiro atoms. The molecule has 1 aliphatic carbocycles. The Kier molecular flexibility index (Phi) is 5.72. The van der Waals surface area contributed by atoms with Crippen LogP contribution in [0.5, 0.6) is 0 Å². The van der Waals surface area contributed by atoms with E-state index in [1.807, 2.05) is 24.3 Å². The molecule has 4 aromatic carbocycles. The molecule has 4 aromatic rings. The molecule has 3 heteroatoms. The topological polar surface area (TPSA) is 9.23 Å². The number of hydrogen-bond acceptors (Lipinski definition) is 1. The molecule has 0 N–H and O–H groups in total. The second-order valence-corrected chi connectivity index (χ2v) is 8.26. The second kappa shape index (κ2) is 8.96. The van der Waals surface area contributed by atoms with E-state index in [4.69, 9.17) is 4.74 Å². The minimum Gasteiger partial charge on any atom is -0.497 e. The Morgan fingerprint density at radius 1 is 0.781 bits per heavy atom. The predicted molar refractivity (Wildman–Crippen MR) is 127 cm³/mol. The van der Waals surface area contributed by atoms with E-state index in [1.165, 1.54) is 44.8 Å². The summed E-state index contributed by atoms with van der Waals surface area (Å²) < 4.78 is 32.5. The van der Waals surface area contributed by atoms with E-state index >= 15 is 0 Å². The zero-order valence-electron chi connectivity index (χ0n) is 17.7. The highest BCUT2D eigenvalue weighted by Crippen LogP contribution is 2.42. The number of ether oxygens (including phenoxy) is 1. The van der Waals surface area contributed by atoms with Gasteiger partial charge >= 0.3 is 0 Å². The molecule has 0 saturated carbocycles. The van der Waals surface area contributed by atoms with Crippen LogP contribution < -0.4 is 0 Å². The lowest BCUT2D eigenvalue weighted by molar-refractivity contribution is 0.286. The molecule has 0 fully saturated rings. The van der Waals surface area contributed by atoms with Crippen molar-refractivity contribution in [3.8, 4) is 0 Å². The molecule has 1 aliphatic heterocycles. The number of hydrogen-bond donors (Lipinski definition) is 0. The van der Waals surface area contributed by atoms with Crippen LogP contribution in [-0.4, -0.2) is 6.61 Å². The molecule has 160 valence electrons. The van der Waals surface area contributed by atoms with Gasteiger partial charge in [-0.1, -0.05) is 54.6 Å².